The van der Waals surface area contributed by atoms with E-state index in [1.165, 1.54) is 0 Å². The zero-order chi connectivity index (χ0) is 12.0. The third-order valence-electron chi connectivity index (χ3n) is 1.74. The minimum absolute atomic E-state index is 0.212. The van der Waals surface area contributed by atoms with Crippen LogP contribution in [0, 0.1) is 0 Å². The number of amides is 1. The van der Waals surface area contributed by atoms with Crippen LogP contribution in [0.15, 0.2) is 15.9 Å². The van der Waals surface area contributed by atoms with Crippen LogP contribution in [0.5, 0.6) is 0 Å². The maximum atomic E-state index is 11.1. The van der Waals surface area contributed by atoms with Crippen LogP contribution in [-0.4, -0.2) is 25.0 Å². The van der Waals surface area contributed by atoms with Crippen molar-refractivity contribution in [2.24, 2.45) is 0 Å². The molecular formula is C10H12BrNO3S. The smallest absolute Gasteiger partial charge is 0.396 e. The van der Waals surface area contributed by atoms with E-state index < -0.39 is 11.9 Å². The van der Waals surface area contributed by atoms with Gasteiger partial charge in [-0.2, -0.15) is 0 Å². The molecule has 1 amide bonds. The van der Waals surface area contributed by atoms with E-state index in [0.29, 0.717) is 13.0 Å². The Labute approximate surface area is 106 Å². The SMILES string of the molecule is CCOC(=O)C(=O)NCCc1cc(Br)cs1. The first-order valence-electron chi connectivity index (χ1n) is 4.81. The van der Waals surface area contributed by atoms with E-state index in [-0.39, 0.29) is 6.61 Å². The fraction of sp³-hybridized carbons (Fsp3) is 0.400. The number of rotatable bonds is 4. The molecule has 0 unspecified atom stereocenters. The van der Waals surface area contributed by atoms with Gasteiger partial charge in [-0.15, -0.1) is 11.3 Å². The maximum absolute atomic E-state index is 11.1. The van der Waals surface area contributed by atoms with Crippen molar-refractivity contribution in [3.63, 3.8) is 0 Å². The Balaban J connectivity index is 2.25. The summed E-state index contributed by atoms with van der Waals surface area (Å²) in [6, 6.07) is 1.99. The highest BCUT2D eigenvalue weighted by atomic mass is 79.9. The summed E-state index contributed by atoms with van der Waals surface area (Å²) in [5, 5.41) is 4.48. The van der Waals surface area contributed by atoms with Crippen LogP contribution < -0.4 is 5.32 Å². The molecule has 0 aliphatic heterocycles. The van der Waals surface area contributed by atoms with Crippen LogP contribution in [0.4, 0.5) is 0 Å². The second-order valence-electron chi connectivity index (χ2n) is 2.96. The molecule has 16 heavy (non-hydrogen) atoms. The molecule has 0 saturated heterocycles. The van der Waals surface area contributed by atoms with E-state index in [1.54, 1.807) is 18.3 Å². The average Bonchev–Trinajstić information content (AvgIpc) is 2.64. The minimum atomic E-state index is -0.824. The van der Waals surface area contributed by atoms with E-state index in [4.69, 9.17) is 0 Å². The number of esters is 1. The largest absolute Gasteiger partial charge is 0.459 e. The summed E-state index contributed by atoms with van der Waals surface area (Å²) in [7, 11) is 0. The Kier molecular flexibility index (Phi) is 5.48. The molecule has 6 heteroatoms. The molecule has 1 aromatic heterocycles. The third kappa shape index (κ3) is 4.32. The van der Waals surface area contributed by atoms with Crippen molar-refractivity contribution in [3.05, 3.63) is 20.8 Å². The van der Waals surface area contributed by atoms with Crippen molar-refractivity contribution in [2.75, 3.05) is 13.2 Å². The molecule has 0 aromatic carbocycles. The molecule has 0 aliphatic carbocycles. The van der Waals surface area contributed by atoms with Crippen LogP contribution in [0.2, 0.25) is 0 Å². The first-order valence-corrected chi connectivity index (χ1v) is 6.48. The maximum Gasteiger partial charge on any atom is 0.396 e. The Hall–Kier alpha value is -0.880. The number of carbonyl (C=O) groups is 2. The summed E-state index contributed by atoms with van der Waals surface area (Å²) >= 11 is 4.95. The highest BCUT2D eigenvalue weighted by Gasteiger charge is 2.13. The highest BCUT2D eigenvalue weighted by molar-refractivity contribution is 9.10. The van der Waals surface area contributed by atoms with Crippen LogP contribution in [0.25, 0.3) is 0 Å². The molecule has 0 aliphatic rings. The first-order chi connectivity index (χ1) is 7.63. The fourth-order valence-electron chi connectivity index (χ4n) is 1.05. The van der Waals surface area contributed by atoms with Crippen molar-refractivity contribution in [3.8, 4) is 0 Å². The van der Waals surface area contributed by atoms with Gasteiger partial charge in [-0.05, 0) is 35.3 Å². The average molecular weight is 306 g/mol. The van der Waals surface area contributed by atoms with Crippen LogP contribution in [0.1, 0.15) is 11.8 Å². The predicted molar refractivity (Wildman–Crippen MR) is 65.4 cm³/mol. The molecule has 4 nitrogen and oxygen atoms in total. The number of nitrogens with one attached hydrogen (secondary N) is 1. The van der Waals surface area contributed by atoms with Gasteiger partial charge in [0, 0.05) is 21.3 Å². The summed E-state index contributed by atoms with van der Waals surface area (Å²) in [6.07, 6.45) is 0.710. The lowest BCUT2D eigenvalue weighted by atomic mass is 10.3. The van der Waals surface area contributed by atoms with Gasteiger partial charge in [0.05, 0.1) is 6.61 Å². The van der Waals surface area contributed by atoms with Gasteiger partial charge in [0.2, 0.25) is 0 Å². The molecular weight excluding hydrogens is 294 g/mol. The van der Waals surface area contributed by atoms with Gasteiger partial charge in [0.25, 0.3) is 0 Å². The predicted octanol–water partition coefficient (Wildman–Crippen LogP) is 1.73. The van der Waals surface area contributed by atoms with Gasteiger partial charge in [0.15, 0.2) is 0 Å². The molecule has 0 atom stereocenters. The van der Waals surface area contributed by atoms with Crippen LogP contribution in [0.3, 0.4) is 0 Å². The molecule has 0 radical (unpaired) electrons. The second kappa shape index (κ2) is 6.65. The second-order valence-corrected chi connectivity index (χ2v) is 4.87. The molecule has 0 bridgehead atoms. The van der Waals surface area contributed by atoms with Gasteiger partial charge in [-0.1, -0.05) is 0 Å². The molecule has 1 heterocycles. The fourth-order valence-corrected chi connectivity index (χ4v) is 2.51. The Bertz CT molecular complexity index is 378. The number of hydrogen-bond acceptors (Lipinski definition) is 4. The summed E-state index contributed by atoms with van der Waals surface area (Å²) in [5.41, 5.74) is 0. The van der Waals surface area contributed by atoms with Gasteiger partial charge in [-0.3, -0.25) is 4.79 Å². The Morgan fingerprint density at radius 1 is 1.56 bits per heavy atom. The number of ether oxygens (including phenoxy) is 1. The van der Waals surface area contributed by atoms with Gasteiger partial charge in [-0.25, -0.2) is 4.79 Å². The molecule has 1 N–H and O–H groups in total. The summed E-state index contributed by atoms with van der Waals surface area (Å²) in [4.78, 5) is 23.2. The van der Waals surface area contributed by atoms with Crippen molar-refractivity contribution >= 4 is 39.1 Å². The Morgan fingerprint density at radius 3 is 2.88 bits per heavy atom. The first kappa shape index (κ1) is 13.2. The van der Waals surface area contributed by atoms with E-state index >= 15 is 0 Å². The van der Waals surface area contributed by atoms with Crippen molar-refractivity contribution in [2.45, 2.75) is 13.3 Å². The molecule has 0 fully saturated rings. The standard InChI is InChI=1S/C10H12BrNO3S/c1-2-15-10(14)9(13)12-4-3-8-5-7(11)6-16-8/h5-6H,2-4H2,1H3,(H,12,13). The number of halogens is 1. The summed E-state index contributed by atoms with van der Waals surface area (Å²) < 4.78 is 5.59. The van der Waals surface area contributed by atoms with E-state index in [1.807, 2.05) is 11.4 Å². The number of thiophene rings is 1. The molecule has 88 valence electrons. The monoisotopic (exact) mass is 305 g/mol. The van der Waals surface area contributed by atoms with Crippen molar-refractivity contribution in [1.29, 1.82) is 0 Å². The zero-order valence-corrected chi connectivity index (χ0v) is 11.2. The van der Waals surface area contributed by atoms with E-state index in [0.717, 1.165) is 9.35 Å². The lowest BCUT2D eigenvalue weighted by Crippen LogP contribution is -2.33. The molecule has 1 aromatic rings. The third-order valence-corrected chi connectivity index (χ3v) is 3.50. The van der Waals surface area contributed by atoms with E-state index in [2.05, 4.69) is 26.0 Å². The van der Waals surface area contributed by atoms with E-state index in [9.17, 15) is 9.59 Å². The number of carbonyl (C=O) groups excluding carboxylic acids is 2. The quantitative estimate of drug-likeness (QED) is 0.681. The summed E-state index contributed by atoms with van der Waals surface area (Å²) in [5.74, 6) is -1.51. The van der Waals surface area contributed by atoms with Crippen molar-refractivity contribution in [1.82, 2.24) is 5.32 Å². The van der Waals surface area contributed by atoms with Gasteiger partial charge < -0.3 is 10.1 Å². The van der Waals surface area contributed by atoms with Crippen LogP contribution in [-0.2, 0) is 20.7 Å². The molecule has 1 rings (SSSR count). The normalized spacial score (nSPS) is 9.88. The zero-order valence-electron chi connectivity index (χ0n) is 8.79. The number of hydrogen-bond donors (Lipinski definition) is 1. The topological polar surface area (TPSA) is 55.4 Å². The molecule has 0 spiro atoms. The van der Waals surface area contributed by atoms with Crippen molar-refractivity contribution < 1.29 is 14.3 Å². The highest BCUT2D eigenvalue weighted by Crippen LogP contribution is 2.19. The Morgan fingerprint density at radius 2 is 2.31 bits per heavy atom. The lowest BCUT2D eigenvalue weighted by molar-refractivity contribution is -0.154. The van der Waals surface area contributed by atoms with Crippen LogP contribution >= 0.6 is 27.3 Å². The van der Waals surface area contributed by atoms with Gasteiger partial charge in [0.1, 0.15) is 0 Å². The minimum Gasteiger partial charge on any atom is -0.459 e. The van der Waals surface area contributed by atoms with Gasteiger partial charge >= 0.3 is 11.9 Å². The molecule has 0 saturated carbocycles. The lowest BCUT2D eigenvalue weighted by Gasteiger charge is -2.03. The summed E-state index contributed by atoms with van der Waals surface area (Å²) in [6.45, 7) is 2.31.